The fourth-order valence-electron chi connectivity index (χ4n) is 4.11. The molecule has 2 aromatic carbocycles. The van der Waals surface area contributed by atoms with E-state index in [9.17, 15) is 19.2 Å². The summed E-state index contributed by atoms with van der Waals surface area (Å²) in [6.07, 6.45) is 3.55. The number of rotatable bonds is 5. The highest BCUT2D eigenvalue weighted by Gasteiger charge is 2.35. The Balaban J connectivity index is 1.21. The van der Waals surface area contributed by atoms with E-state index < -0.39 is 0 Å². The number of anilines is 2. The number of amides is 4. The first-order chi connectivity index (χ1) is 15.5. The molecule has 0 fully saturated rings. The van der Waals surface area contributed by atoms with Crippen LogP contribution in [0.1, 0.15) is 43.1 Å². The molecule has 5 rings (SSSR count). The van der Waals surface area contributed by atoms with Crippen LogP contribution in [-0.2, 0) is 11.2 Å². The molecule has 8 heteroatoms. The second kappa shape index (κ2) is 7.81. The van der Waals surface area contributed by atoms with Crippen LogP contribution in [0.3, 0.4) is 0 Å². The number of benzene rings is 2. The predicted octanol–water partition coefficient (Wildman–Crippen LogP) is 3.11. The molecule has 0 aliphatic carbocycles. The third-order valence-electron chi connectivity index (χ3n) is 5.71. The molecule has 0 unspecified atom stereocenters. The molecule has 0 bridgehead atoms. The van der Waals surface area contributed by atoms with E-state index in [1.54, 1.807) is 47.4 Å². The van der Waals surface area contributed by atoms with Gasteiger partial charge in [-0.2, -0.15) is 0 Å². The molecule has 4 amide bonds. The Bertz CT molecular complexity index is 1210. The summed E-state index contributed by atoms with van der Waals surface area (Å²) in [5, 5.41) is 2.81. The van der Waals surface area contributed by atoms with Gasteiger partial charge in [0.1, 0.15) is 6.26 Å². The summed E-state index contributed by atoms with van der Waals surface area (Å²) in [4.78, 5) is 52.7. The van der Waals surface area contributed by atoms with E-state index in [1.165, 1.54) is 12.5 Å². The van der Waals surface area contributed by atoms with Crippen LogP contribution in [0.5, 0.6) is 0 Å². The average molecular weight is 429 g/mol. The van der Waals surface area contributed by atoms with E-state index in [0.717, 1.165) is 16.2 Å². The first-order valence-corrected chi connectivity index (χ1v) is 10.2. The molecule has 2 aliphatic rings. The first kappa shape index (κ1) is 19.7. The van der Waals surface area contributed by atoms with Crippen LogP contribution in [0.25, 0.3) is 0 Å². The molecule has 0 radical (unpaired) electrons. The van der Waals surface area contributed by atoms with Crippen LogP contribution in [0.15, 0.2) is 65.5 Å². The third-order valence-corrected chi connectivity index (χ3v) is 5.71. The van der Waals surface area contributed by atoms with Crippen molar-refractivity contribution in [3.05, 3.63) is 83.3 Å². The van der Waals surface area contributed by atoms with Crippen LogP contribution >= 0.6 is 0 Å². The zero-order chi connectivity index (χ0) is 22.2. The second-order valence-corrected chi connectivity index (χ2v) is 7.67. The third kappa shape index (κ3) is 3.35. The molecule has 0 atom stereocenters. The molecule has 0 saturated carbocycles. The van der Waals surface area contributed by atoms with Crippen LogP contribution in [-0.4, -0.2) is 41.6 Å². The van der Waals surface area contributed by atoms with Crippen molar-refractivity contribution in [3.8, 4) is 0 Å². The van der Waals surface area contributed by atoms with E-state index in [0.29, 0.717) is 35.3 Å². The van der Waals surface area contributed by atoms with E-state index in [4.69, 9.17) is 4.42 Å². The van der Waals surface area contributed by atoms with Gasteiger partial charge in [0.15, 0.2) is 0 Å². The fourth-order valence-corrected chi connectivity index (χ4v) is 4.11. The highest BCUT2D eigenvalue weighted by molar-refractivity contribution is 6.21. The largest absolute Gasteiger partial charge is 0.472 e. The number of hydrogen-bond donors (Lipinski definition) is 1. The van der Waals surface area contributed by atoms with E-state index in [1.807, 2.05) is 6.07 Å². The number of furan rings is 1. The summed E-state index contributed by atoms with van der Waals surface area (Å²) in [6, 6.07) is 13.7. The fraction of sp³-hybridized carbons (Fsp3) is 0.167. The predicted molar refractivity (Wildman–Crippen MR) is 116 cm³/mol. The SMILES string of the molecule is O=C(CCN1C(=O)c2ccccc2C1=O)Nc1ccc2c(c1)CCN2C(=O)c1ccoc1. The van der Waals surface area contributed by atoms with Crippen LogP contribution in [0.2, 0.25) is 0 Å². The number of carbonyl (C=O) groups is 4. The van der Waals surface area contributed by atoms with E-state index >= 15 is 0 Å². The molecule has 1 aromatic heterocycles. The summed E-state index contributed by atoms with van der Waals surface area (Å²) in [6.45, 7) is 0.562. The average Bonchev–Trinajstić information content (AvgIpc) is 3.52. The zero-order valence-electron chi connectivity index (χ0n) is 17.0. The van der Waals surface area contributed by atoms with Gasteiger partial charge in [-0.15, -0.1) is 0 Å². The monoisotopic (exact) mass is 429 g/mol. The zero-order valence-corrected chi connectivity index (χ0v) is 17.0. The highest BCUT2D eigenvalue weighted by Crippen LogP contribution is 2.32. The first-order valence-electron chi connectivity index (χ1n) is 10.2. The molecular weight excluding hydrogens is 410 g/mol. The lowest BCUT2D eigenvalue weighted by Gasteiger charge is -2.17. The second-order valence-electron chi connectivity index (χ2n) is 7.67. The molecule has 3 heterocycles. The minimum Gasteiger partial charge on any atom is -0.472 e. The van der Waals surface area contributed by atoms with Crippen molar-refractivity contribution in [2.45, 2.75) is 12.8 Å². The summed E-state index contributed by atoms with van der Waals surface area (Å²) < 4.78 is 5.00. The van der Waals surface area contributed by atoms with Gasteiger partial charge < -0.3 is 14.6 Å². The van der Waals surface area contributed by atoms with E-state index in [-0.39, 0.29) is 36.6 Å². The van der Waals surface area contributed by atoms with Crippen molar-refractivity contribution in [1.29, 1.82) is 0 Å². The van der Waals surface area contributed by atoms with Gasteiger partial charge in [-0.25, -0.2) is 0 Å². The standard InChI is InChI=1S/C24H19N3O5/c28-21(8-11-27-23(30)18-3-1-2-4-19(18)24(27)31)25-17-5-6-20-15(13-17)7-10-26(20)22(29)16-9-12-32-14-16/h1-6,9,12-14H,7-8,10-11H2,(H,25,28). The number of imide groups is 1. The van der Waals surface area contributed by atoms with Crippen molar-refractivity contribution >= 4 is 35.0 Å². The molecule has 160 valence electrons. The maximum Gasteiger partial charge on any atom is 0.261 e. The van der Waals surface area contributed by atoms with Gasteiger partial charge in [0, 0.05) is 30.9 Å². The normalized spacial score (nSPS) is 14.5. The van der Waals surface area contributed by atoms with Crippen LogP contribution < -0.4 is 10.2 Å². The van der Waals surface area contributed by atoms with E-state index in [2.05, 4.69) is 5.32 Å². The molecule has 0 spiro atoms. The van der Waals surface area contributed by atoms with Gasteiger partial charge in [-0.3, -0.25) is 24.1 Å². The molecule has 2 aliphatic heterocycles. The van der Waals surface area contributed by atoms with Crippen LogP contribution in [0.4, 0.5) is 11.4 Å². The van der Waals surface area contributed by atoms with Gasteiger partial charge >= 0.3 is 0 Å². The van der Waals surface area contributed by atoms with Gasteiger partial charge in [0.25, 0.3) is 17.7 Å². The minimum absolute atomic E-state index is 0.00630. The maximum atomic E-state index is 12.6. The Morgan fingerprint density at radius 3 is 2.44 bits per heavy atom. The highest BCUT2D eigenvalue weighted by atomic mass is 16.3. The Hall–Kier alpha value is -4.20. The smallest absolute Gasteiger partial charge is 0.261 e. The number of nitrogens with one attached hydrogen (secondary N) is 1. The lowest BCUT2D eigenvalue weighted by atomic mass is 10.1. The number of nitrogens with zero attached hydrogens (tertiary/aromatic N) is 2. The molecule has 32 heavy (non-hydrogen) atoms. The molecule has 0 saturated heterocycles. The Morgan fingerprint density at radius 2 is 1.75 bits per heavy atom. The summed E-state index contributed by atoms with van der Waals surface area (Å²) in [5.41, 5.74) is 3.59. The van der Waals surface area contributed by atoms with Crippen molar-refractivity contribution in [3.63, 3.8) is 0 Å². The number of hydrogen-bond acceptors (Lipinski definition) is 5. The molecule has 3 aromatic rings. The molecule has 1 N–H and O–H groups in total. The topological polar surface area (TPSA) is 99.9 Å². The van der Waals surface area contributed by atoms with Crippen molar-refractivity contribution in [2.24, 2.45) is 0 Å². The Morgan fingerprint density at radius 1 is 1.00 bits per heavy atom. The van der Waals surface area contributed by atoms with Crippen molar-refractivity contribution in [1.82, 2.24) is 4.90 Å². The van der Waals surface area contributed by atoms with Crippen LogP contribution in [0, 0.1) is 0 Å². The summed E-state index contributed by atoms with van der Waals surface area (Å²) in [5.74, 6) is -1.18. The van der Waals surface area contributed by atoms with Gasteiger partial charge in [-0.05, 0) is 48.4 Å². The Labute approximate surface area is 183 Å². The van der Waals surface area contributed by atoms with Crippen molar-refractivity contribution in [2.75, 3.05) is 23.3 Å². The Kier molecular flexibility index (Phi) is 4.82. The molecular formula is C24H19N3O5. The number of carbonyl (C=O) groups excluding carboxylic acids is 4. The van der Waals surface area contributed by atoms with Gasteiger partial charge in [-0.1, -0.05) is 12.1 Å². The lowest BCUT2D eigenvalue weighted by Crippen LogP contribution is -2.32. The van der Waals surface area contributed by atoms with Crippen molar-refractivity contribution < 1.29 is 23.6 Å². The van der Waals surface area contributed by atoms with Gasteiger partial charge in [0.2, 0.25) is 5.91 Å². The van der Waals surface area contributed by atoms with Gasteiger partial charge in [0.05, 0.1) is 23.0 Å². The lowest BCUT2D eigenvalue weighted by molar-refractivity contribution is -0.116. The summed E-state index contributed by atoms with van der Waals surface area (Å²) >= 11 is 0. The maximum absolute atomic E-state index is 12.6. The number of fused-ring (bicyclic) bond motifs is 2. The molecule has 8 nitrogen and oxygen atoms in total. The quantitative estimate of drug-likeness (QED) is 0.628. The summed E-state index contributed by atoms with van der Waals surface area (Å²) in [7, 11) is 0. The minimum atomic E-state index is -0.377.